The van der Waals surface area contributed by atoms with Crippen LogP contribution >= 0.6 is 0 Å². The molecule has 0 amide bonds. The van der Waals surface area contributed by atoms with Crippen molar-refractivity contribution in [1.29, 1.82) is 0 Å². The van der Waals surface area contributed by atoms with Crippen molar-refractivity contribution in [3.8, 4) is 5.75 Å². The molecular formula is C13H22N2O3. The van der Waals surface area contributed by atoms with E-state index in [2.05, 4.69) is 10.3 Å². The first-order valence-electron chi connectivity index (χ1n) is 5.93. The Hall–Kier alpha value is -1.17. The molecule has 0 aromatic carbocycles. The molecule has 0 radical (unpaired) electrons. The van der Waals surface area contributed by atoms with Crippen molar-refractivity contribution in [2.75, 3.05) is 34.5 Å². The normalized spacial score (nSPS) is 12.4. The van der Waals surface area contributed by atoms with Crippen LogP contribution in [0.4, 0.5) is 0 Å². The van der Waals surface area contributed by atoms with E-state index < -0.39 is 0 Å². The van der Waals surface area contributed by atoms with Gasteiger partial charge in [-0.3, -0.25) is 4.98 Å². The number of rotatable bonds is 8. The Kier molecular flexibility index (Phi) is 6.64. The Morgan fingerprint density at radius 1 is 1.28 bits per heavy atom. The van der Waals surface area contributed by atoms with Crippen molar-refractivity contribution in [2.45, 2.75) is 19.6 Å². The van der Waals surface area contributed by atoms with Gasteiger partial charge >= 0.3 is 0 Å². The maximum absolute atomic E-state index is 5.26. The fraction of sp³-hybridized carbons (Fsp3) is 0.615. The highest BCUT2D eigenvalue weighted by Crippen LogP contribution is 2.12. The minimum Gasteiger partial charge on any atom is -0.497 e. The van der Waals surface area contributed by atoms with Gasteiger partial charge < -0.3 is 19.5 Å². The van der Waals surface area contributed by atoms with Crippen LogP contribution in [0.2, 0.25) is 0 Å². The SMILES string of the molecule is COCC(CNCc1cc(OC)cc(C)n1)OC. The number of aryl methyl sites for hydroxylation is 1. The molecular weight excluding hydrogens is 232 g/mol. The smallest absolute Gasteiger partial charge is 0.122 e. The van der Waals surface area contributed by atoms with Gasteiger partial charge in [-0.1, -0.05) is 0 Å². The van der Waals surface area contributed by atoms with Gasteiger partial charge in [-0.2, -0.15) is 0 Å². The van der Waals surface area contributed by atoms with Crippen LogP contribution in [0.1, 0.15) is 11.4 Å². The summed E-state index contributed by atoms with van der Waals surface area (Å²) in [5, 5.41) is 3.29. The fourth-order valence-corrected chi connectivity index (χ4v) is 1.67. The molecule has 1 heterocycles. The van der Waals surface area contributed by atoms with Crippen molar-refractivity contribution < 1.29 is 14.2 Å². The van der Waals surface area contributed by atoms with E-state index in [1.54, 1.807) is 21.3 Å². The van der Waals surface area contributed by atoms with E-state index in [1.807, 2.05) is 19.1 Å². The van der Waals surface area contributed by atoms with Crippen molar-refractivity contribution in [3.05, 3.63) is 23.5 Å². The first-order valence-corrected chi connectivity index (χ1v) is 5.93. The number of hydrogen-bond donors (Lipinski definition) is 1. The zero-order valence-corrected chi connectivity index (χ0v) is 11.5. The third kappa shape index (κ3) is 5.00. The molecule has 1 unspecified atom stereocenters. The Balaban J connectivity index is 2.45. The standard InChI is InChI=1S/C13H22N2O3/c1-10-5-12(17-3)6-11(15-10)7-14-8-13(18-4)9-16-2/h5-6,13-14H,7-9H2,1-4H3. The second-order valence-corrected chi connectivity index (χ2v) is 4.08. The molecule has 0 aliphatic heterocycles. The number of nitrogens with one attached hydrogen (secondary N) is 1. The summed E-state index contributed by atoms with van der Waals surface area (Å²) in [6, 6.07) is 3.84. The predicted molar refractivity (Wildman–Crippen MR) is 69.9 cm³/mol. The Morgan fingerprint density at radius 3 is 2.67 bits per heavy atom. The molecule has 0 saturated heterocycles. The Labute approximate surface area is 108 Å². The van der Waals surface area contributed by atoms with Crippen molar-refractivity contribution >= 4 is 0 Å². The fourth-order valence-electron chi connectivity index (χ4n) is 1.67. The molecule has 0 bridgehead atoms. The van der Waals surface area contributed by atoms with Gasteiger partial charge in [0.05, 0.1) is 25.5 Å². The van der Waals surface area contributed by atoms with Crippen molar-refractivity contribution in [1.82, 2.24) is 10.3 Å². The van der Waals surface area contributed by atoms with Crippen LogP contribution in [-0.4, -0.2) is 45.6 Å². The van der Waals surface area contributed by atoms with Gasteiger partial charge in [0.15, 0.2) is 0 Å². The quantitative estimate of drug-likeness (QED) is 0.754. The van der Waals surface area contributed by atoms with Crippen LogP contribution in [0.3, 0.4) is 0 Å². The molecule has 1 atom stereocenters. The Morgan fingerprint density at radius 2 is 2.06 bits per heavy atom. The molecule has 0 fully saturated rings. The number of pyridine rings is 1. The number of methoxy groups -OCH3 is 3. The number of hydrogen-bond acceptors (Lipinski definition) is 5. The highest BCUT2D eigenvalue weighted by Gasteiger charge is 2.06. The van der Waals surface area contributed by atoms with Crippen molar-refractivity contribution in [2.24, 2.45) is 0 Å². The van der Waals surface area contributed by atoms with E-state index in [1.165, 1.54) is 0 Å². The molecule has 0 aliphatic rings. The molecule has 18 heavy (non-hydrogen) atoms. The van der Waals surface area contributed by atoms with E-state index in [0.29, 0.717) is 13.2 Å². The minimum absolute atomic E-state index is 0.0571. The second-order valence-electron chi connectivity index (χ2n) is 4.08. The van der Waals surface area contributed by atoms with Crippen LogP contribution in [-0.2, 0) is 16.0 Å². The molecule has 1 N–H and O–H groups in total. The molecule has 1 aromatic heterocycles. The summed E-state index contributed by atoms with van der Waals surface area (Å²) in [7, 11) is 5.00. The largest absolute Gasteiger partial charge is 0.497 e. The highest BCUT2D eigenvalue weighted by molar-refractivity contribution is 5.26. The summed E-state index contributed by atoms with van der Waals surface area (Å²) in [4.78, 5) is 4.44. The minimum atomic E-state index is 0.0571. The zero-order valence-electron chi connectivity index (χ0n) is 11.5. The lowest BCUT2D eigenvalue weighted by Gasteiger charge is -2.15. The molecule has 5 heteroatoms. The maximum Gasteiger partial charge on any atom is 0.122 e. The first kappa shape index (κ1) is 14.9. The van der Waals surface area contributed by atoms with E-state index >= 15 is 0 Å². The molecule has 0 aliphatic carbocycles. The second kappa shape index (κ2) is 8.02. The summed E-state index contributed by atoms with van der Waals surface area (Å²) in [5.41, 5.74) is 1.91. The highest BCUT2D eigenvalue weighted by atomic mass is 16.5. The van der Waals surface area contributed by atoms with Gasteiger partial charge in [0.2, 0.25) is 0 Å². The average Bonchev–Trinajstić information content (AvgIpc) is 2.37. The predicted octanol–water partition coefficient (Wildman–Crippen LogP) is 1.15. The summed E-state index contributed by atoms with van der Waals surface area (Å²) in [5.74, 6) is 0.833. The lowest BCUT2D eigenvalue weighted by molar-refractivity contribution is 0.0287. The summed E-state index contributed by atoms with van der Waals surface area (Å²) in [6.07, 6.45) is 0.0571. The lowest BCUT2D eigenvalue weighted by atomic mass is 10.3. The lowest BCUT2D eigenvalue weighted by Crippen LogP contribution is -2.31. The number of nitrogens with zero attached hydrogens (tertiary/aromatic N) is 1. The van der Waals surface area contributed by atoms with Gasteiger partial charge in [0.25, 0.3) is 0 Å². The summed E-state index contributed by atoms with van der Waals surface area (Å²) >= 11 is 0. The van der Waals surface area contributed by atoms with E-state index in [9.17, 15) is 0 Å². The topological polar surface area (TPSA) is 52.6 Å². The third-order valence-corrected chi connectivity index (χ3v) is 2.58. The average molecular weight is 254 g/mol. The maximum atomic E-state index is 5.26. The van der Waals surface area contributed by atoms with Gasteiger partial charge in [-0.25, -0.2) is 0 Å². The molecule has 5 nitrogen and oxygen atoms in total. The van der Waals surface area contributed by atoms with Crippen LogP contribution in [0.25, 0.3) is 0 Å². The molecule has 0 spiro atoms. The van der Waals surface area contributed by atoms with Crippen LogP contribution in [0.5, 0.6) is 5.75 Å². The third-order valence-electron chi connectivity index (χ3n) is 2.58. The zero-order chi connectivity index (χ0) is 13.4. The van der Waals surface area contributed by atoms with E-state index in [4.69, 9.17) is 14.2 Å². The summed E-state index contributed by atoms with van der Waals surface area (Å²) < 4.78 is 15.5. The van der Waals surface area contributed by atoms with Gasteiger partial charge in [-0.05, 0) is 6.92 Å². The van der Waals surface area contributed by atoms with Crippen LogP contribution in [0.15, 0.2) is 12.1 Å². The number of aromatic nitrogens is 1. The van der Waals surface area contributed by atoms with E-state index in [-0.39, 0.29) is 6.10 Å². The van der Waals surface area contributed by atoms with Crippen LogP contribution < -0.4 is 10.1 Å². The number of ether oxygens (including phenoxy) is 3. The molecule has 1 aromatic rings. The molecule has 1 rings (SSSR count). The molecule has 102 valence electrons. The summed E-state index contributed by atoms with van der Waals surface area (Å²) in [6.45, 7) is 3.94. The van der Waals surface area contributed by atoms with E-state index in [0.717, 1.165) is 23.7 Å². The van der Waals surface area contributed by atoms with Gasteiger partial charge in [0.1, 0.15) is 5.75 Å². The van der Waals surface area contributed by atoms with Crippen molar-refractivity contribution in [3.63, 3.8) is 0 Å². The van der Waals surface area contributed by atoms with Gasteiger partial charge in [0, 0.05) is 45.1 Å². The monoisotopic (exact) mass is 254 g/mol. The Bertz CT molecular complexity index is 358. The molecule has 0 saturated carbocycles. The first-order chi connectivity index (χ1) is 8.69. The van der Waals surface area contributed by atoms with Gasteiger partial charge in [-0.15, -0.1) is 0 Å². The van der Waals surface area contributed by atoms with Crippen LogP contribution in [0, 0.1) is 6.92 Å².